The largest absolute Gasteiger partial charge is 0.398 e. The second kappa shape index (κ2) is 5.09. The van der Waals surface area contributed by atoms with Gasteiger partial charge in [0.25, 0.3) is 0 Å². The summed E-state index contributed by atoms with van der Waals surface area (Å²) < 4.78 is 13.8. The minimum atomic E-state index is -0.286. The highest BCUT2D eigenvalue weighted by Gasteiger charge is 2.07. The first-order valence-electron chi connectivity index (χ1n) is 5.99. The Morgan fingerprint density at radius 1 is 1.05 bits per heavy atom. The Morgan fingerprint density at radius 2 is 1.85 bits per heavy atom. The zero-order valence-electron chi connectivity index (χ0n) is 10.4. The highest BCUT2D eigenvalue weighted by atomic mass is 79.9. The lowest BCUT2D eigenvalue weighted by atomic mass is 10.1. The van der Waals surface area contributed by atoms with Crippen molar-refractivity contribution in [2.24, 2.45) is 0 Å². The van der Waals surface area contributed by atoms with Crippen LogP contribution >= 0.6 is 15.9 Å². The predicted molar refractivity (Wildman–Crippen MR) is 83.5 cm³/mol. The van der Waals surface area contributed by atoms with Crippen LogP contribution in [0.3, 0.4) is 0 Å². The number of hydrogen-bond acceptors (Lipinski definition) is 3. The van der Waals surface area contributed by atoms with Gasteiger partial charge in [-0.25, -0.2) is 4.39 Å². The van der Waals surface area contributed by atoms with Crippen molar-refractivity contribution in [2.75, 3.05) is 11.1 Å². The minimum Gasteiger partial charge on any atom is -0.398 e. The molecule has 0 amide bonds. The van der Waals surface area contributed by atoms with Crippen LogP contribution in [0.15, 0.2) is 53.3 Å². The Hall–Kier alpha value is -2.14. The highest BCUT2D eigenvalue weighted by Crippen LogP contribution is 2.32. The molecule has 0 bridgehead atoms. The molecule has 3 aromatic rings. The zero-order valence-corrected chi connectivity index (χ0v) is 12.0. The molecule has 0 aliphatic rings. The maximum absolute atomic E-state index is 13.1. The van der Waals surface area contributed by atoms with Gasteiger partial charge in [-0.3, -0.25) is 4.98 Å². The van der Waals surface area contributed by atoms with Gasteiger partial charge >= 0.3 is 0 Å². The second-order valence-corrected chi connectivity index (χ2v) is 5.23. The van der Waals surface area contributed by atoms with Crippen LogP contribution in [-0.4, -0.2) is 4.98 Å². The SMILES string of the molecule is Nc1ccc(Nc2ccc(F)cc2Br)c2cnccc12. The molecule has 3 nitrogen and oxygen atoms in total. The molecule has 0 saturated carbocycles. The summed E-state index contributed by atoms with van der Waals surface area (Å²) in [4.78, 5) is 4.13. The molecule has 0 unspecified atom stereocenters. The number of anilines is 3. The molecule has 2 aromatic carbocycles. The van der Waals surface area contributed by atoms with Gasteiger partial charge in [0.1, 0.15) is 5.82 Å². The molecule has 0 saturated heterocycles. The standard InChI is InChI=1S/C15H11BrFN3/c16-12-7-9(17)1-3-15(12)20-14-4-2-13(18)10-5-6-19-8-11(10)14/h1-8,20H,18H2. The van der Waals surface area contributed by atoms with Gasteiger partial charge in [0.15, 0.2) is 0 Å². The first-order valence-corrected chi connectivity index (χ1v) is 6.79. The number of nitrogen functional groups attached to an aromatic ring is 1. The molecule has 3 N–H and O–H groups in total. The number of rotatable bonds is 2. The van der Waals surface area contributed by atoms with Crippen molar-refractivity contribution in [3.05, 3.63) is 59.1 Å². The van der Waals surface area contributed by atoms with Gasteiger partial charge in [0.2, 0.25) is 0 Å². The number of pyridine rings is 1. The fourth-order valence-electron chi connectivity index (χ4n) is 2.06. The van der Waals surface area contributed by atoms with Crippen molar-refractivity contribution in [1.82, 2.24) is 4.98 Å². The number of benzene rings is 2. The van der Waals surface area contributed by atoms with Crippen LogP contribution in [0.4, 0.5) is 21.5 Å². The minimum absolute atomic E-state index is 0.286. The van der Waals surface area contributed by atoms with Gasteiger partial charge in [-0.05, 0) is 52.3 Å². The van der Waals surface area contributed by atoms with Crippen LogP contribution in [-0.2, 0) is 0 Å². The van der Waals surface area contributed by atoms with E-state index < -0.39 is 0 Å². The van der Waals surface area contributed by atoms with E-state index in [-0.39, 0.29) is 5.82 Å². The molecule has 0 atom stereocenters. The fraction of sp³-hybridized carbons (Fsp3) is 0. The summed E-state index contributed by atoms with van der Waals surface area (Å²) in [6.45, 7) is 0. The van der Waals surface area contributed by atoms with Crippen molar-refractivity contribution < 1.29 is 4.39 Å². The number of aromatic nitrogens is 1. The van der Waals surface area contributed by atoms with E-state index >= 15 is 0 Å². The molecule has 100 valence electrons. The summed E-state index contributed by atoms with van der Waals surface area (Å²) in [7, 11) is 0. The van der Waals surface area contributed by atoms with E-state index in [1.54, 1.807) is 18.5 Å². The molecule has 0 radical (unpaired) electrons. The van der Waals surface area contributed by atoms with Crippen LogP contribution in [0.5, 0.6) is 0 Å². The van der Waals surface area contributed by atoms with E-state index in [9.17, 15) is 4.39 Å². The summed E-state index contributed by atoms with van der Waals surface area (Å²) in [6, 6.07) is 10.1. The number of nitrogens with two attached hydrogens (primary N) is 1. The first kappa shape index (κ1) is 12.9. The zero-order chi connectivity index (χ0) is 14.1. The van der Waals surface area contributed by atoms with Crippen LogP contribution in [0, 0.1) is 5.82 Å². The summed E-state index contributed by atoms with van der Waals surface area (Å²) in [5.74, 6) is -0.286. The second-order valence-electron chi connectivity index (χ2n) is 4.37. The summed E-state index contributed by atoms with van der Waals surface area (Å²) >= 11 is 3.34. The normalized spacial score (nSPS) is 10.7. The fourth-order valence-corrected chi connectivity index (χ4v) is 2.51. The third kappa shape index (κ3) is 2.32. The third-order valence-corrected chi connectivity index (χ3v) is 3.71. The third-order valence-electron chi connectivity index (χ3n) is 3.05. The number of nitrogens with one attached hydrogen (secondary N) is 1. The summed E-state index contributed by atoms with van der Waals surface area (Å²) in [5, 5.41) is 5.11. The van der Waals surface area contributed by atoms with Crippen LogP contribution in [0.25, 0.3) is 10.8 Å². The lowest BCUT2D eigenvalue weighted by Gasteiger charge is -2.12. The van der Waals surface area contributed by atoms with E-state index in [4.69, 9.17) is 5.73 Å². The van der Waals surface area contributed by atoms with Crippen molar-refractivity contribution in [3.8, 4) is 0 Å². The topological polar surface area (TPSA) is 50.9 Å². The average Bonchev–Trinajstić information content (AvgIpc) is 2.45. The maximum atomic E-state index is 13.1. The molecular formula is C15H11BrFN3. The molecule has 0 spiro atoms. The molecule has 20 heavy (non-hydrogen) atoms. The Labute approximate surface area is 123 Å². The predicted octanol–water partition coefficient (Wildman–Crippen LogP) is 4.46. The van der Waals surface area contributed by atoms with E-state index in [0.717, 1.165) is 22.1 Å². The van der Waals surface area contributed by atoms with Crippen molar-refractivity contribution in [2.45, 2.75) is 0 Å². The molecule has 0 aliphatic carbocycles. The van der Waals surface area contributed by atoms with Crippen LogP contribution in [0.1, 0.15) is 0 Å². The van der Waals surface area contributed by atoms with Gasteiger partial charge in [-0.15, -0.1) is 0 Å². The monoisotopic (exact) mass is 331 g/mol. The molecule has 0 aliphatic heterocycles. The molecule has 1 aromatic heterocycles. The Balaban J connectivity index is 2.09. The maximum Gasteiger partial charge on any atom is 0.124 e. The quantitative estimate of drug-likeness (QED) is 0.681. The number of fused-ring (bicyclic) bond motifs is 1. The van der Waals surface area contributed by atoms with Gasteiger partial charge in [-0.2, -0.15) is 0 Å². The molecular weight excluding hydrogens is 321 g/mol. The van der Waals surface area contributed by atoms with E-state index in [2.05, 4.69) is 26.2 Å². The summed E-state index contributed by atoms with van der Waals surface area (Å²) in [6.07, 6.45) is 3.46. The van der Waals surface area contributed by atoms with Gasteiger partial charge < -0.3 is 11.1 Å². The first-order chi connectivity index (χ1) is 9.65. The number of nitrogens with zero attached hydrogens (tertiary/aromatic N) is 1. The van der Waals surface area contributed by atoms with Crippen LogP contribution in [0.2, 0.25) is 0 Å². The van der Waals surface area contributed by atoms with Gasteiger partial charge in [0.05, 0.1) is 5.69 Å². The lowest BCUT2D eigenvalue weighted by molar-refractivity contribution is 0.627. The van der Waals surface area contributed by atoms with Crippen molar-refractivity contribution >= 4 is 43.8 Å². The molecule has 1 heterocycles. The van der Waals surface area contributed by atoms with Crippen LogP contribution < -0.4 is 11.1 Å². The van der Waals surface area contributed by atoms with Gasteiger partial charge in [-0.1, -0.05) is 0 Å². The Bertz CT molecular complexity index is 789. The number of halogens is 2. The van der Waals surface area contributed by atoms with Crippen molar-refractivity contribution in [3.63, 3.8) is 0 Å². The van der Waals surface area contributed by atoms with E-state index in [1.807, 2.05) is 18.2 Å². The van der Waals surface area contributed by atoms with E-state index in [0.29, 0.717) is 10.2 Å². The van der Waals surface area contributed by atoms with E-state index in [1.165, 1.54) is 12.1 Å². The Kier molecular flexibility index (Phi) is 3.28. The molecule has 0 fully saturated rings. The number of hydrogen-bond donors (Lipinski definition) is 2. The smallest absolute Gasteiger partial charge is 0.124 e. The molecule has 5 heteroatoms. The Morgan fingerprint density at radius 3 is 2.65 bits per heavy atom. The average molecular weight is 332 g/mol. The highest BCUT2D eigenvalue weighted by molar-refractivity contribution is 9.10. The van der Waals surface area contributed by atoms with Gasteiger partial charge in [0, 0.05) is 39.0 Å². The summed E-state index contributed by atoms with van der Waals surface area (Å²) in [5.41, 5.74) is 8.30. The lowest BCUT2D eigenvalue weighted by Crippen LogP contribution is -1.95. The molecule has 3 rings (SSSR count). The van der Waals surface area contributed by atoms with Crippen molar-refractivity contribution in [1.29, 1.82) is 0 Å².